The molecule has 0 saturated carbocycles. The Balaban J connectivity index is 3.69. The molecule has 0 rings (SSSR count). The first-order chi connectivity index (χ1) is 6.97. The number of aliphatic hydroxyl groups excluding tert-OH is 1. The van der Waals surface area contributed by atoms with Crippen LogP contribution in [-0.4, -0.2) is 35.2 Å². The van der Waals surface area contributed by atoms with Crippen molar-refractivity contribution in [1.82, 2.24) is 5.32 Å². The molecule has 15 heavy (non-hydrogen) atoms. The molecule has 2 unspecified atom stereocenters. The average Bonchev–Trinajstić information content (AvgIpc) is 2.21. The Hall–Kier alpha value is -0.220. The monoisotopic (exact) mass is 233 g/mol. The number of hydrogen-bond donors (Lipinski definition) is 2. The molecule has 1 amide bonds. The summed E-state index contributed by atoms with van der Waals surface area (Å²) in [6.07, 6.45) is 0. The van der Waals surface area contributed by atoms with Crippen LogP contribution in [0.2, 0.25) is 0 Å². The van der Waals surface area contributed by atoms with Crippen molar-refractivity contribution in [2.24, 2.45) is 11.8 Å². The number of nitrogens with one attached hydrogen (secondary N) is 1. The van der Waals surface area contributed by atoms with Gasteiger partial charge in [-0.05, 0) is 24.5 Å². The Bertz CT molecular complexity index is 185. The van der Waals surface area contributed by atoms with E-state index in [0.717, 1.165) is 12.3 Å². The molecule has 0 bridgehead atoms. The SMILES string of the molecule is CC(C)CNC(=O)C(C)SCC(C)CO. The van der Waals surface area contributed by atoms with Gasteiger partial charge >= 0.3 is 0 Å². The highest BCUT2D eigenvalue weighted by atomic mass is 32.2. The van der Waals surface area contributed by atoms with Gasteiger partial charge in [0, 0.05) is 13.2 Å². The summed E-state index contributed by atoms with van der Waals surface area (Å²) >= 11 is 1.60. The van der Waals surface area contributed by atoms with E-state index in [9.17, 15) is 4.79 Å². The van der Waals surface area contributed by atoms with Gasteiger partial charge in [-0.3, -0.25) is 4.79 Å². The maximum Gasteiger partial charge on any atom is 0.232 e. The zero-order valence-corrected chi connectivity index (χ0v) is 10.9. The van der Waals surface area contributed by atoms with Gasteiger partial charge in [-0.1, -0.05) is 20.8 Å². The zero-order valence-electron chi connectivity index (χ0n) is 10.1. The van der Waals surface area contributed by atoms with Gasteiger partial charge in [-0.15, -0.1) is 11.8 Å². The standard InChI is InChI=1S/C11H23NO2S/c1-8(2)5-12-11(14)10(4)15-7-9(3)6-13/h8-10,13H,5-7H2,1-4H3,(H,12,14). The zero-order chi connectivity index (χ0) is 11.8. The highest BCUT2D eigenvalue weighted by molar-refractivity contribution is 8.00. The van der Waals surface area contributed by atoms with Crippen LogP contribution in [0.15, 0.2) is 0 Å². The normalized spacial score (nSPS) is 15.1. The number of aliphatic hydroxyl groups is 1. The summed E-state index contributed by atoms with van der Waals surface area (Å²) in [5.74, 6) is 1.67. The van der Waals surface area contributed by atoms with Crippen molar-refractivity contribution in [2.75, 3.05) is 18.9 Å². The first-order valence-corrected chi connectivity index (χ1v) is 6.52. The Kier molecular flexibility index (Phi) is 7.88. The van der Waals surface area contributed by atoms with Crippen molar-refractivity contribution in [3.05, 3.63) is 0 Å². The van der Waals surface area contributed by atoms with Crippen LogP contribution < -0.4 is 5.32 Å². The van der Waals surface area contributed by atoms with Crippen LogP contribution in [0.1, 0.15) is 27.7 Å². The van der Waals surface area contributed by atoms with Gasteiger partial charge in [-0.25, -0.2) is 0 Å². The van der Waals surface area contributed by atoms with Gasteiger partial charge in [0.1, 0.15) is 0 Å². The fourth-order valence-electron chi connectivity index (χ4n) is 0.885. The fraction of sp³-hybridized carbons (Fsp3) is 0.909. The highest BCUT2D eigenvalue weighted by Crippen LogP contribution is 2.14. The summed E-state index contributed by atoms with van der Waals surface area (Å²) in [5.41, 5.74) is 0. The fourth-order valence-corrected chi connectivity index (χ4v) is 1.84. The van der Waals surface area contributed by atoms with Crippen molar-refractivity contribution >= 4 is 17.7 Å². The molecule has 0 fully saturated rings. The van der Waals surface area contributed by atoms with Crippen LogP contribution in [-0.2, 0) is 4.79 Å². The van der Waals surface area contributed by atoms with Crippen LogP contribution in [0.4, 0.5) is 0 Å². The van der Waals surface area contributed by atoms with Crippen molar-refractivity contribution in [2.45, 2.75) is 32.9 Å². The van der Waals surface area contributed by atoms with Crippen LogP contribution >= 0.6 is 11.8 Å². The van der Waals surface area contributed by atoms with E-state index in [1.807, 2.05) is 13.8 Å². The third-order valence-corrected chi connectivity index (χ3v) is 3.47. The maximum atomic E-state index is 11.6. The van der Waals surface area contributed by atoms with Crippen LogP contribution in [0.3, 0.4) is 0 Å². The number of hydrogen-bond acceptors (Lipinski definition) is 3. The number of amides is 1. The summed E-state index contributed by atoms with van der Waals surface area (Å²) in [6, 6.07) is 0. The third-order valence-electron chi connectivity index (χ3n) is 2.00. The van der Waals surface area contributed by atoms with Gasteiger partial charge in [0.15, 0.2) is 0 Å². The minimum absolute atomic E-state index is 0.0299. The van der Waals surface area contributed by atoms with Crippen LogP contribution in [0.25, 0.3) is 0 Å². The molecule has 4 heteroatoms. The van der Waals surface area contributed by atoms with Gasteiger partial charge in [0.25, 0.3) is 0 Å². The molecule has 0 aliphatic rings. The summed E-state index contributed by atoms with van der Waals surface area (Å²) in [7, 11) is 0. The van der Waals surface area contributed by atoms with E-state index in [2.05, 4.69) is 19.2 Å². The molecule has 0 radical (unpaired) electrons. The average molecular weight is 233 g/mol. The van der Waals surface area contributed by atoms with Gasteiger partial charge < -0.3 is 10.4 Å². The molecule has 0 aliphatic carbocycles. The highest BCUT2D eigenvalue weighted by Gasteiger charge is 2.14. The minimum atomic E-state index is -0.0299. The Morgan fingerprint density at radius 3 is 2.40 bits per heavy atom. The number of carbonyl (C=O) groups is 1. The third kappa shape index (κ3) is 7.68. The lowest BCUT2D eigenvalue weighted by molar-refractivity contribution is -0.120. The molecule has 90 valence electrons. The second-order valence-corrected chi connectivity index (χ2v) is 5.78. The molecule has 2 N–H and O–H groups in total. The summed E-state index contributed by atoms with van der Waals surface area (Å²) in [4.78, 5) is 11.6. The molecule has 0 heterocycles. The molecular formula is C11H23NO2S. The van der Waals surface area contributed by atoms with E-state index < -0.39 is 0 Å². The molecule has 3 nitrogen and oxygen atoms in total. The van der Waals surface area contributed by atoms with Crippen molar-refractivity contribution < 1.29 is 9.90 Å². The van der Waals surface area contributed by atoms with Crippen molar-refractivity contribution in [3.8, 4) is 0 Å². The lowest BCUT2D eigenvalue weighted by Gasteiger charge is -2.14. The predicted octanol–water partition coefficient (Wildman–Crippen LogP) is 1.51. The van der Waals surface area contributed by atoms with E-state index in [-0.39, 0.29) is 23.7 Å². The summed E-state index contributed by atoms with van der Waals surface area (Å²) < 4.78 is 0. The molecule has 0 aromatic heterocycles. The molecule has 2 atom stereocenters. The lowest BCUT2D eigenvalue weighted by Crippen LogP contribution is -2.34. The van der Waals surface area contributed by atoms with E-state index >= 15 is 0 Å². The minimum Gasteiger partial charge on any atom is -0.396 e. The van der Waals surface area contributed by atoms with E-state index in [1.54, 1.807) is 11.8 Å². The largest absolute Gasteiger partial charge is 0.396 e. The Morgan fingerprint density at radius 1 is 1.33 bits per heavy atom. The molecule has 0 aromatic rings. The van der Waals surface area contributed by atoms with Crippen molar-refractivity contribution in [1.29, 1.82) is 0 Å². The molecule has 0 aliphatic heterocycles. The van der Waals surface area contributed by atoms with Gasteiger partial charge in [0.2, 0.25) is 5.91 Å². The van der Waals surface area contributed by atoms with Gasteiger partial charge in [-0.2, -0.15) is 0 Å². The number of thioether (sulfide) groups is 1. The quantitative estimate of drug-likeness (QED) is 0.701. The number of rotatable bonds is 7. The summed E-state index contributed by atoms with van der Waals surface area (Å²) in [5, 5.41) is 11.7. The van der Waals surface area contributed by atoms with Crippen molar-refractivity contribution in [3.63, 3.8) is 0 Å². The second kappa shape index (κ2) is 7.99. The van der Waals surface area contributed by atoms with Gasteiger partial charge in [0.05, 0.1) is 5.25 Å². The molecular weight excluding hydrogens is 210 g/mol. The molecule has 0 aromatic carbocycles. The van der Waals surface area contributed by atoms with Crippen LogP contribution in [0.5, 0.6) is 0 Å². The lowest BCUT2D eigenvalue weighted by atomic mass is 10.2. The second-order valence-electron chi connectivity index (χ2n) is 4.40. The maximum absolute atomic E-state index is 11.6. The smallest absolute Gasteiger partial charge is 0.232 e. The topological polar surface area (TPSA) is 49.3 Å². The first kappa shape index (κ1) is 14.8. The molecule has 0 saturated heterocycles. The van der Waals surface area contributed by atoms with Crippen LogP contribution in [0, 0.1) is 11.8 Å². The first-order valence-electron chi connectivity index (χ1n) is 5.47. The molecule has 0 spiro atoms. The summed E-state index contributed by atoms with van der Waals surface area (Å²) in [6.45, 7) is 8.96. The predicted molar refractivity (Wildman–Crippen MR) is 66.0 cm³/mol. The van der Waals surface area contributed by atoms with E-state index in [1.165, 1.54) is 0 Å². The Morgan fingerprint density at radius 2 is 1.93 bits per heavy atom. The van der Waals surface area contributed by atoms with E-state index in [4.69, 9.17) is 5.11 Å². The Labute approximate surface area is 97.0 Å². The van der Waals surface area contributed by atoms with E-state index in [0.29, 0.717) is 5.92 Å². The number of carbonyl (C=O) groups excluding carboxylic acids is 1.